The van der Waals surface area contributed by atoms with Gasteiger partial charge in [0.05, 0.1) is 17.6 Å². The van der Waals surface area contributed by atoms with Gasteiger partial charge >= 0.3 is 0 Å². The minimum atomic E-state index is -3.42. The third kappa shape index (κ3) is 2.64. The van der Waals surface area contributed by atoms with Crippen LogP contribution in [0.15, 0.2) is 12.3 Å². The highest BCUT2D eigenvalue weighted by Crippen LogP contribution is 2.19. The van der Waals surface area contributed by atoms with E-state index in [1.807, 2.05) is 6.92 Å². The number of hydrogen-bond donors (Lipinski definition) is 1. The van der Waals surface area contributed by atoms with E-state index in [4.69, 9.17) is 0 Å². The predicted molar refractivity (Wildman–Crippen MR) is 76.2 cm³/mol. The first kappa shape index (κ1) is 14.4. The molecule has 108 valence electrons. The highest BCUT2D eigenvalue weighted by atomic mass is 32.2. The average Bonchev–Trinajstić information content (AvgIpc) is 2.62. The fraction of sp³-hybridized carbons (Fsp3) is 0.417. The highest BCUT2D eigenvalue weighted by Gasteiger charge is 2.23. The van der Waals surface area contributed by atoms with Gasteiger partial charge in [-0.1, -0.05) is 0 Å². The predicted octanol–water partition coefficient (Wildman–Crippen LogP) is 0.648. The van der Waals surface area contributed by atoms with Gasteiger partial charge in [-0.25, -0.2) is 13.4 Å². The van der Waals surface area contributed by atoms with E-state index >= 15 is 0 Å². The van der Waals surface area contributed by atoms with Crippen molar-refractivity contribution < 1.29 is 13.2 Å². The van der Waals surface area contributed by atoms with E-state index in [1.54, 1.807) is 17.8 Å². The molecule has 1 amide bonds. The molecule has 0 radical (unpaired) electrons. The smallest absolute Gasteiger partial charge is 0.242 e. The molecular weight excluding hydrogens is 280 g/mol. The number of anilines is 1. The van der Waals surface area contributed by atoms with Crippen LogP contribution in [0.1, 0.15) is 12.6 Å². The number of rotatable bonds is 3. The molecule has 8 heteroatoms. The lowest BCUT2D eigenvalue weighted by molar-refractivity contribution is -0.115. The number of sulfone groups is 1. The number of hydrogen-bond acceptors (Lipinski definition) is 5. The second kappa shape index (κ2) is 4.86. The van der Waals surface area contributed by atoms with Crippen molar-refractivity contribution in [3.63, 3.8) is 0 Å². The summed E-state index contributed by atoms with van der Waals surface area (Å²) in [6.07, 6.45) is 2.51. The van der Waals surface area contributed by atoms with Crippen LogP contribution in [0.2, 0.25) is 0 Å². The second-order valence-electron chi connectivity index (χ2n) is 4.77. The van der Waals surface area contributed by atoms with Gasteiger partial charge in [-0.15, -0.1) is 0 Å². The van der Waals surface area contributed by atoms with Crippen molar-refractivity contribution in [3.05, 3.63) is 18.0 Å². The fourth-order valence-electron chi connectivity index (χ4n) is 1.81. The van der Waals surface area contributed by atoms with Gasteiger partial charge in [0, 0.05) is 18.7 Å². The number of amides is 1. The molecule has 0 aliphatic carbocycles. The summed E-state index contributed by atoms with van der Waals surface area (Å²) in [6, 6.07) is 1.73. The largest absolute Gasteiger partial charge is 0.324 e. The van der Waals surface area contributed by atoms with Crippen LogP contribution in [0.5, 0.6) is 0 Å². The molecule has 0 saturated heterocycles. The van der Waals surface area contributed by atoms with Gasteiger partial charge in [0.2, 0.25) is 5.91 Å². The van der Waals surface area contributed by atoms with Gasteiger partial charge in [-0.2, -0.15) is 5.10 Å². The lowest BCUT2D eigenvalue weighted by Gasteiger charge is -2.10. The maximum absolute atomic E-state index is 11.8. The lowest BCUT2D eigenvalue weighted by atomic mass is 10.2. The maximum atomic E-state index is 11.8. The van der Waals surface area contributed by atoms with Gasteiger partial charge < -0.3 is 5.32 Å². The quantitative estimate of drug-likeness (QED) is 0.897. The van der Waals surface area contributed by atoms with E-state index in [0.717, 1.165) is 17.3 Å². The molecule has 0 aromatic carbocycles. The molecule has 2 aromatic rings. The molecule has 0 bridgehead atoms. The van der Waals surface area contributed by atoms with E-state index in [1.165, 1.54) is 13.1 Å². The highest BCUT2D eigenvalue weighted by molar-refractivity contribution is 7.92. The maximum Gasteiger partial charge on any atom is 0.242 e. The van der Waals surface area contributed by atoms with Gasteiger partial charge in [0.15, 0.2) is 15.5 Å². The SMILES string of the molecule is Cc1nn(C)c2ncc(NC(=O)[C@@H](C)S(C)(=O)=O)cc12. The van der Waals surface area contributed by atoms with Crippen molar-refractivity contribution in [3.8, 4) is 0 Å². The lowest BCUT2D eigenvalue weighted by Crippen LogP contribution is -2.31. The van der Waals surface area contributed by atoms with Crippen LogP contribution in [0, 0.1) is 6.92 Å². The summed E-state index contributed by atoms with van der Waals surface area (Å²) in [5, 5.41) is 6.50. The van der Waals surface area contributed by atoms with Crippen molar-refractivity contribution in [2.24, 2.45) is 7.05 Å². The van der Waals surface area contributed by atoms with Crippen LogP contribution < -0.4 is 5.32 Å². The first-order chi connectivity index (χ1) is 9.20. The first-order valence-corrected chi connectivity index (χ1v) is 7.94. The number of pyridine rings is 1. The molecule has 7 nitrogen and oxygen atoms in total. The number of aryl methyl sites for hydroxylation is 2. The van der Waals surface area contributed by atoms with Crippen molar-refractivity contribution in [1.29, 1.82) is 0 Å². The fourth-order valence-corrected chi connectivity index (χ4v) is 2.26. The minimum absolute atomic E-state index is 0.453. The second-order valence-corrected chi connectivity index (χ2v) is 7.13. The molecule has 2 aromatic heterocycles. The third-order valence-electron chi connectivity index (χ3n) is 3.14. The van der Waals surface area contributed by atoms with E-state index in [-0.39, 0.29) is 0 Å². The number of carbonyl (C=O) groups is 1. The first-order valence-electron chi connectivity index (χ1n) is 5.99. The Balaban J connectivity index is 2.31. The van der Waals surface area contributed by atoms with Crippen molar-refractivity contribution in [1.82, 2.24) is 14.8 Å². The van der Waals surface area contributed by atoms with Crippen LogP contribution in [-0.4, -0.2) is 40.6 Å². The molecule has 20 heavy (non-hydrogen) atoms. The van der Waals surface area contributed by atoms with E-state index < -0.39 is 21.0 Å². The van der Waals surface area contributed by atoms with E-state index in [2.05, 4.69) is 15.4 Å². The monoisotopic (exact) mass is 296 g/mol. The third-order valence-corrected chi connectivity index (χ3v) is 4.64. The molecule has 0 fully saturated rings. The van der Waals surface area contributed by atoms with Crippen LogP contribution >= 0.6 is 0 Å². The van der Waals surface area contributed by atoms with Gasteiger partial charge in [-0.05, 0) is 19.9 Å². The Morgan fingerprint density at radius 1 is 1.45 bits per heavy atom. The number of fused-ring (bicyclic) bond motifs is 1. The Morgan fingerprint density at radius 3 is 2.70 bits per heavy atom. The van der Waals surface area contributed by atoms with E-state index in [0.29, 0.717) is 11.3 Å². The summed E-state index contributed by atoms with van der Waals surface area (Å²) in [4.78, 5) is 16.1. The summed E-state index contributed by atoms with van der Waals surface area (Å²) in [5.74, 6) is -0.574. The molecule has 0 aliphatic heterocycles. The zero-order chi connectivity index (χ0) is 15.1. The van der Waals surface area contributed by atoms with Crippen molar-refractivity contribution in [2.75, 3.05) is 11.6 Å². The number of aromatic nitrogens is 3. The molecular formula is C12H16N4O3S. The zero-order valence-corrected chi connectivity index (χ0v) is 12.5. The average molecular weight is 296 g/mol. The standard InChI is InChI=1S/C12H16N4O3S/c1-7-10-5-9(6-13-11(10)16(3)15-7)14-12(17)8(2)20(4,18)19/h5-6,8H,1-4H3,(H,14,17)/t8-/m1/s1. The van der Waals surface area contributed by atoms with Crippen molar-refractivity contribution in [2.45, 2.75) is 19.1 Å². The molecule has 1 atom stereocenters. The number of nitrogens with zero attached hydrogens (tertiary/aromatic N) is 3. The van der Waals surface area contributed by atoms with Gasteiger partial charge in [0.1, 0.15) is 5.25 Å². The number of carbonyl (C=O) groups excluding carboxylic acids is 1. The summed E-state index contributed by atoms with van der Waals surface area (Å²) in [7, 11) is -1.63. The Morgan fingerprint density at radius 2 is 2.10 bits per heavy atom. The van der Waals surface area contributed by atoms with Crippen LogP contribution in [0.3, 0.4) is 0 Å². The van der Waals surface area contributed by atoms with Gasteiger partial charge in [0.25, 0.3) is 0 Å². The molecule has 1 N–H and O–H groups in total. The summed E-state index contributed by atoms with van der Waals surface area (Å²) < 4.78 is 24.3. The Kier molecular flexibility index (Phi) is 3.51. The van der Waals surface area contributed by atoms with Gasteiger partial charge in [-0.3, -0.25) is 9.48 Å². The molecule has 0 saturated carbocycles. The zero-order valence-electron chi connectivity index (χ0n) is 11.7. The summed E-state index contributed by atoms with van der Waals surface area (Å²) >= 11 is 0. The Labute approximate surface area is 116 Å². The molecule has 0 unspecified atom stereocenters. The van der Waals surface area contributed by atoms with Crippen LogP contribution in [0.25, 0.3) is 11.0 Å². The van der Waals surface area contributed by atoms with Crippen LogP contribution in [0.4, 0.5) is 5.69 Å². The Hall–Kier alpha value is -1.96. The minimum Gasteiger partial charge on any atom is -0.324 e. The topological polar surface area (TPSA) is 93.9 Å². The summed E-state index contributed by atoms with van der Waals surface area (Å²) in [6.45, 7) is 3.20. The molecule has 0 aliphatic rings. The van der Waals surface area contributed by atoms with E-state index in [9.17, 15) is 13.2 Å². The molecule has 2 rings (SSSR count). The number of nitrogens with one attached hydrogen (secondary N) is 1. The van der Waals surface area contributed by atoms with Crippen LogP contribution in [-0.2, 0) is 21.7 Å². The summed E-state index contributed by atoms with van der Waals surface area (Å²) in [5.41, 5.74) is 1.95. The molecule has 2 heterocycles. The molecule has 0 spiro atoms. The Bertz CT molecular complexity index is 779. The van der Waals surface area contributed by atoms with Crippen molar-refractivity contribution >= 4 is 32.5 Å². The normalized spacial score (nSPS) is 13.4.